The van der Waals surface area contributed by atoms with Crippen molar-refractivity contribution < 1.29 is 4.79 Å². The van der Waals surface area contributed by atoms with Gasteiger partial charge in [0.1, 0.15) is 0 Å². The fourth-order valence-electron chi connectivity index (χ4n) is 2.04. The Morgan fingerprint density at radius 1 is 1.23 bits per heavy atom. The van der Waals surface area contributed by atoms with E-state index in [1.165, 1.54) is 11.3 Å². The van der Waals surface area contributed by atoms with Gasteiger partial charge in [-0.25, -0.2) is 9.67 Å². The average Bonchev–Trinajstić information content (AvgIpc) is 3.17. The van der Waals surface area contributed by atoms with Crippen LogP contribution in [0.1, 0.15) is 18.3 Å². The molecule has 22 heavy (non-hydrogen) atoms. The quantitative estimate of drug-likeness (QED) is 0.787. The van der Waals surface area contributed by atoms with Crippen LogP contribution in [0.2, 0.25) is 0 Å². The number of carbonyl (C=O) groups excluding carboxylic acids is 1. The van der Waals surface area contributed by atoms with Crippen LogP contribution in [-0.2, 0) is 17.6 Å². The molecular weight excluding hydrogens is 296 g/mol. The molecule has 6 heteroatoms. The van der Waals surface area contributed by atoms with Crippen molar-refractivity contribution in [1.29, 1.82) is 0 Å². The van der Waals surface area contributed by atoms with Gasteiger partial charge in [-0.2, -0.15) is 5.10 Å². The highest BCUT2D eigenvalue weighted by Crippen LogP contribution is 2.16. The van der Waals surface area contributed by atoms with Crippen molar-refractivity contribution >= 4 is 22.4 Å². The topological polar surface area (TPSA) is 59.8 Å². The molecule has 5 nitrogen and oxygen atoms in total. The van der Waals surface area contributed by atoms with E-state index in [-0.39, 0.29) is 12.3 Å². The van der Waals surface area contributed by atoms with E-state index in [9.17, 15) is 4.79 Å². The smallest absolute Gasteiger partial charge is 0.232 e. The Kier molecular flexibility index (Phi) is 4.29. The number of rotatable bonds is 5. The minimum Gasteiger partial charge on any atom is -0.302 e. The van der Waals surface area contributed by atoms with Crippen LogP contribution in [0.4, 0.5) is 5.13 Å². The third-order valence-electron chi connectivity index (χ3n) is 3.17. The zero-order valence-electron chi connectivity index (χ0n) is 12.2. The maximum atomic E-state index is 12.0. The van der Waals surface area contributed by atoms with Crippen molar-refractivity contribution in [1.82, 2.24) is 14.8 Å². The maximum absolute atomic E-state index is 12.0. The molecule has 0 fully saturated rings. The molecule has 2 aromatic heterocycles. The highest BCUT2D eigenvalue weighted by molar-refractivity contribution is 7.13. The van der Waals surface area contributed by atoms with Crippen LogP contribution < -0.4 is 5.32 Å². The van der Waals surface area contributed by atoms with Gasteiger partial charge < -0.3 is 5.32 Å². The standard InChI is InChI=1S/C16H16N4OS/c1-2-12-11-22-16(17-12)18-15(21)10-13-8-9-20(19-13)14-6-4-3-5-7-14/h3-9,11H,2,10H2,1H3,(H,17,18,21). The summed E-state index contributed by atoms with van der Waals surface area (Å²) >= 11 is 1.45. The van der Waals surface area contributed by atoms with E-state index in [4.69, 9.17) is 0 Å². The Morgan fingerprint density at radius 2 is 2.05 bits per heavy atom. The molecule has 3 rings (SSSR count). The minimum absolute atomic E-state index is 0.102. The number of anilines is 1. The summed E-state index contributed by atoms with van der Waals surface area (Å²) in [4.78, 5) is 16.4. The lowest BCUT2D eigenvalue weighted by molar-refractivity contribution is -0.115. The molecule has 1 aromatic carbocycles. The highest BCUT2D eigenvalue weighted by Gasteiger charge is 2.09. The van der Waals surface area contributed by atoms with Gasteiger partial charge in [0, 0.05) is 11.6 Å². The average molecular weight is 312 g/mol. The predicted molar refractivity (Wildman–Crippen MR) is 87.4 cm³/mol. The summed E-state index contributed by atoms with van der Waals surface area (Å²) in [6.07, 6.45) is 2.96. The summed E-state index contributed by atoms with van der Waals surface area (Å²) in [6, 6.07) is 11.7. The number of aryl methyl sites for hydroxylation is 1. The molecule has 0 aliphatic heterocycles. The molecular formula is C16H16N4OS. The summed E-state index contributed by atoms with van der Waals surface area (Å²) in [6.45, 7) is 2.04. The van der Waals surface area contributed by atoms with Gasteiger partial charge >= 0.3 is 0 Å². The molecule has 0 radical (unpaired) electrons. The van der Waals surface area contributed by atoms with E-state index in [0.717, 1.165) is 23.5 Å². The Bertz CT molecular complexity index is 763. The van der Waals surface area contributed by atoms with Gasteiger partial charge in [-0.1, -0.05) is 25.1 Å². The van der Waals surface area contributed by atoms with Crippen LogP contribution in [-0.4, -0.2) is 20.7 Å². The van der Waals surface area contributed by atoms with Gasteiger partial charge in [-0.05, 0) is 24.6 Å². The number of nitrogens with one attached hydrogen (secondary N) is 1. The number of benzene rings is 1. The van der Waals surface area contributed by atoms with Gasteiger partial charge in [0.05, 0.1) is 23.5 Å². The number of para-hydroxylation sites is 1. The summed E-state index contributed by atoms with van der Waals surface area (Å²) in [5.74, 6) is -0.102. The van der Waals surface area contributed by atoms with Gasteiger partial charge in [0.2, 0.25) is 5.91 Å². The lowest BCUT2D eigenvalue weighted by atomic mass is 10.3. The molecule has 3 aromatic rings. The molecule has 0 unspecified atom stereocenters. The summed E-state index contributed by atoms with van der Waals surface area (Å²) in [7, 11) is 0. The molecule has 0 spiro atoms. The first-order valence-corrected chi connectivity index (χ1v) is 7.97. The van der Waals surface area contributed by atoms with Crippen molar-refractivity contribution in [3.63, 3.8) is 0 Å². The highest BCUT2D eigenvalue weighted by atomic mass is 32.1. The first-order chi connectivity index (χ1) is 10.7. The number of thiazole rings is 1. The zero-order chi connectivity index (χ0) is 15.4. The van der Waals surface area contributed by atoms with Crippen molar-refractivity contribution in [2.24, 2.45) is 0 Å². The Labute approximate surface area is 132 Å². The summed E-state index contributed by atoms with van der Waals surface area (Å²) < 4.78 is 1.77. The minimum atomic E-state index is -0.102. The van der Waals surface area contributed by atoms with Crippen molar-refractivity contribution in [3.05, 3.63) is 59.4 Å². The number of hydrogen-bond acceptors (Lipinski definition) is 4. The fraction of sp³-hybridized carbons (Fsp3) is 0.188. The van der Waals surface area contributed by atoms with Crippen LogP contribution in [0.15, 0.2) is 48.0 Å². The van der Waals surface area contributed by atoms with Gasteiger partial charge in [0.25, 0.3) is 0 Å². The van der Waals surface area contributed by atoms with E-state index >= 15 is 0 Å². The fourth-order valence-corrected chi connectivity index (χ4v) is 2.84. The van der Waals surface area contributed by atoms with Gasteiger partial charge in [0.15, 0.2) is 5.13 Å². The number of carbonyl (C=O) groups is 1. The predicted octanol–water partition coefficient (Wildman–Crippen LogP) is 3.07. The normalized spacial score (nSPS) is 10.6. The van der Waals surface area contributed by atoms with E-state index in [1.807, 2.05) is 54.9 Å². The number of hydrogen-bond donors (Lipinski definition) is 1. The lowest BCUT2D eigenvalue weighted by Crippen LogP contribution is -2.14. The largest absolute Gasteiger partial charge is 0.302 e. The molecule has 0 bridgehead atoms. The first-order valence-electron chi connectivity index (χ1n) is 7.09. The van der Waals surface area contributed by atoms with Crippen LogP contribution in [0.5, 0.6) is 0 Å². The molecule has 0 saturated carbocycles. The number of aromatic nitrogens is 3. The third kappa shape index (κ3) is 3.40. The van der Waals surface area contributed by atoms with Gasteiger partial charge in [-0.3, -0.25) is 4.79 Å². The molecule has 1 amide bonds. The second-order valence-electron chi connectivity index (χ2n) is 4.81. The summed E-state index contributed by atoms with van der Waals surface area (Å²) in [5, 5.41) is 9.84. The van der Waals surface area contributed by atoms with E-state index in [1.54, 1.807) is 4.68 Å². The van der Waals surface area contributed by atoms with Gasteiger partial charge in [-0.15, -0.1) is 11.3 Å². The number of amides is 1. The van der Waals surface area contributed by atoms with E-state index < -0.39 is 0 Å². The third-order valence-corrected chi connectivity index (χ3v) is 3.97. The molecule has 0 aliphatic carbocycles. The molecule has 0 atom stereocenters. The Morgan fingerprint density at radius 3 is 2.77 bits per heavy atom. The van der Waals surface area contributed by atoms with Crippen molar-refractivity contribution in [2.45, 2.75) is 19.8 Å². The first kappa shape index (κ1) is 14.5. The second-order valence-corrected chi connectivity index (χ2v) is 5.67. The monoisotopic (exact) mass is 312 g/mol. The molecule has 0 aliphatic rings. The van der Waals surface area contributed by atoms with Crippen LogP contribution in [0, 0.1) is 0 Å². The Hall–Kier alpha value is -2.47. The molecule has 0 saturated heterocycles. The van der Waals surface area contributed by atoms with Crippen molar-refractivity contribution in [2.75, 3.05) is 5.32 Å². The Balaban J connectivity index is 1.63. The van der Waals surface area contributed by atoms with Crippen LogP contribution >= 0.6 is 11.3 Å². The molecule has 2 heterocycles. The lowest BCUT2D eigenvalue weighted by Gasteiger charge is -2.01. The molecule has 112 valence electrons. The zero-order valence-corrected chi connectivity index (χ0v) is 13.0. The van der Waals surface area contributed by atoms with Crippen LogP contribution in [0.3, 0.4) is 0 Å². The number of nitrogens with zero attached hydrogens (tertiary/aromatic N) is 3. The van der Waals surface area contributed by atoms with E-state index in [2.05, 4.69) is 15.4 Å². The molecule has 1 N–H and O–H groups in total. The van der Waals surface area contributed by atoms with Crippen molar-refractivity contribution in [3.8, 4) is 5.69 Å². The van der Waals surface area contributed by atoms with E-state index in [0.29, 0.717) is 5.13 Å². The maximum Gasteiger partial charge on any atom is 0.232 e. The summed E-state index contributed by atoms with van der Waals surface area (Å²) in [5.41, 5.74) is 2.70. The second kappa shape index (κ2) is 6.53. The van der Waals surface area contributed by atoms with Crippen LogP contribution in [0.25, 0.3) is 5.69 Å². The SMILES string of the molecule is CCc1csc(NC(=O)Cc2ccn(-c3ccccc3)n2)n1.